The molecule has 1 fully saturated rings. The zero-order valence-corrected chi connectivity index (χ0v) is 19.9. The van der Waals surface area contributed by atoms with Crippen LogP contribution in [0.5, 0.6) is 17.4 Å². The number of carbonyl (C=O) groups excluding carboxylic acids is 1. The van der Waals surface area contributed by atoms with Gasteiger partial charge in [0.15, 0.2) is 6.29 Å². The Bertz CT molecular complexity index is 1130. The van der Waals surface area contributed by atoms with Gasteiger partial charge in [-0.25, -0.2) is 4.98 Å². The number of H-pyrrole nitrogens is 1. The molecule has 0 aliphatic carbocycles. The molecule has 1 aromatic carbocycles. The minimum absolute atomic E-state index is 0.361. The van der Waals surface area contributed by atoms with Crippen LogP contribution in [0.1, 0.15) is 24.8 Å². The molecule has 2 aliphatic rings. The zero-order valence-electron chi connectivity index (χ0n) is 19.9. The van der Waals surface area contributed by atoms with Crippen LogP contribution < -0.4 is 9.47 Å². The van der Waals surface area contributed by atoms with E-state index >= 15 is 0 Å². The molecular formula is C26H31N5O4. The molecule has 2 unspecified atom stereocenters. The van der Waals surface area contributed by atoms with Gasteiger partial charge in [0.05, 0.1) is 12.3 Å². The van der Waals surface area contributed by atoms with E-state index in [-0.39, 0.29) is 0 Å². The smallest absolute Gasteiger partial charge is 0.219 e. The van der Waals surface area contributed by atoms with E-state index in [0.29, 0.717) is 37.0 Å². The fraction of sp³-hybridized carbons (Fsp3) is 0.423. The lowest BCUT2D eigenvalue weighted by molar-refractivity contribution is -0.124. The zero-order chi connectivity index (χ0) is 24.3. The Kier molecular flexibility index (Phi) is 6.81. The summed E-state index contributed by atoms with van der Waals surface area (Å²) in [6, 6.07) is 11.7. The van der Waals surface area contributed by atoms with E-state index in [1.165, 1.54) is 5.56 Å². The monoisotopic (exact) mass is 477 g/mol. The Balaban J connectivity index is 1.12. The van der Waals surface area contributed by atoms with Crippen molar-refractivity contribution in [1.82, 2.24) is 25.0 Å². The summed E-state index contributed by atoms with van der Waals surface area (Å²) in [6.07, 6.45) is 5.12. The molecule has 0 amide bonds. The molecule has 0 spiro atoms. The summed E-state index contributed by atoms with van der Waals surface area (Å²) in [5.74, 6) is 2.47. The van der Waals surface area contributed by atoms with Crippen LogP contribution in [0.15, 0.2) is 48.8 Å². The number of aldehydes is 1. The van der Waals surface area contributed by atoms with Crippen molar-refractivity contribution in [2.24, 2.45) is 0 Å². The molecule has 2 N–H and O–H groups in total. The molecule has 9 heteroatoms. The third-order valence-electron chi connectivity index (χ3n) is 6.69. The number of ether oxygens (including phenoxy) is 2. The summed E-state index contributed by atoms with van der Waals surface area (Å²) in [6.45, 7) is 7.23. The molecule has 0 bridgehead atoms. The number of pyridine rings is 1. The number of carbonyl (C=O) groups is 1. The predicted molar refractivity (Wildman–Crippen MR) is 131 cm³/mol. The molecule has 1 saturated heterocycles. The third kappa shape index (κ3) is 5.70. The van der Waals surface area contributed by atoms with E-state index in [1.807, 2.05) is 30.3 Å². The fourth-order valence-corrected chi connectivity index (χ4v) is 4.70. The van der Waals surface area contributed by atoms with Gasteiger partial charge in [-0.3, -0.25) is 10.00 Å². The standard InChI is InChI=1S/C26H31N5O4/c1-26(33,18-32)17-31-12-10-30(11-13-31)9-7-20-16-34-24-14-21(3-4-22(20)24)35-25-5-2-19(15-27-25)23-6-8-28-29-23/h2-6,8,14-15,18,20,33H,7,9-13,16-17H2,1H3,(H,28,29). The quantitative estimate of drug-likeness (QED) is 0.454. The average Bonchev–Trinajstić information content (AvgIpc) is 3.54. The Labute approximate surface area is 204 Å². The molecule has 2 aliphatic heterocycles. The van der Waals surface area contributed by atoms with Crippen molar-refractivity contribution >= 4 is 6.29 Å². The highest BCUT2D eigenvalue weighted by molar-refractivity contribution is 5.61. The maximum absolute atomic E-state index is 11.0. The fourth-order valence-electron chi connectivity index (χ4n) is 4.70. The van der Waals surface area contributed by atoms with Gasteiger partial charge in [0.2, 0.25) is 5.88 Å². The van der Waals surface area contributed by atoms with Crippen LogP contribution in [0.25, 0.3) is 11.3 Å². The van der Waals surface area contributed by atoms with Crippen molar-refractivity contribution in [2.75, 3.05) is 45.9 Å². The Morgan fingerprint density at radius 3 is 2.74 bits per heavy atom. The Morgan fingerprint density at radius 2 is 2.03 bits per heavy atom. The van der Waals surface area contributed by atoms with E-state index in [0.717, 1.165) is 56.2 Å². The van der Waals surface area contributed by atoms with Gasteiger partial charge >= 0.3 is 0 Å². The summed E-state index contributed by atoms with van der Waals surface area (Å²) in [4.78, 5) is 20.0. The summed E-state index contributed by atoms with van der Waals surface area (Å²) in [7, 11) is 0. The number of hydrogen-bond acceptors (Lipinski definition) is 8. The third-order valence-corrected chi connectivity index (χ3v) is 6.69. The maximum atomic E-state index is 11.0. The number of piperazine rings is 1. The number of nitrogens with zero attached hydrogens (tertiary/aromatic N) is 4. The first-order valence-corrected chi connectivity index (χ1v) is 12.0. The van der Waals surface area contributed by atoms with Crippen molar-refractivity contribution < 1.29 is 19.4 Å². The first kappa shape index (κ1) is 23.5. The van der Waals surface area contributed by atoms with Gasteiger partial charge in [-0.05, 0) is 38.1 Å². The molecular weight excluding hydrogens is 446 g/mol. The number of nitrogens with one attached hydrogen (secondary N) is 1. The van der Waals surface area contributed by atoms with Crippen LogP contribution in [-0.2, 0) is 4.79 Å². The summed E-state index contributed by atoms with van der Waals surface area (Å²) in [5, 5.41) is 16.9. The lowest BCUT2D eigenvalue weighted by Crippen LogP contribution is -2.51. The second kappa shape index (κ2) is 10.2. The number of benzene rings is 1. The molecule has 4 heterocycles. The minimum atomic E-state index is -1.27. The molecule has 0 saturated carbocycles. The molecule has 184 valence electrons. The normalized spacial score (nSPS) is 20.1. The van der Waals surface area contributed by atoms with Crippen LogP contribution in [0.3, 0.4) is 0 Å². The topological polar surface area (TPSA) is 104 Å². The van der Waals surface area contributed by atoms with Crippen molar-refractivity contribution in [1.29, 1.82) is 0 Å². The van der Waals surface area contributed by atoms with Gasteiger partial charge in [0, 0.05) is 74.3 Å². The molecule has 0 radical (unpaired) electrons. The van der Waals surface area contributed by atoms with Gasteiger partial charge in [-0.1, -0.05) is 6.07 Å². The number of aliphatic hydroxyl groups is 1. The largest absolute Gasteiger partial charge is 0.493 e. The van der Waals surface area contributed by atoms with Gasteiger partial charge in [-0.2, -0.15) is 5.10 Å². The second-order valence-corrected chi connectivity index (χ2v) is 9.55. The first-order valence-electron chi connectivity index (χ1n) is 12.0. The van der Waals surface area contributed by atoms with Gasteiger partial charge < -0.3 is 24.3 Å². The SMILES string of the molecule is CC(O)(C=O)CN1CCN(CCC2COc3cc(Oc4ccc(-c5ccn[nH]5)cn4)ccc32)CC1. The maximum Gasteiger partial charge on any atom is 0.219 e. The van der Waals surface area contributed by atoms with Crippen molar-refractivity contribution in [3.8, 4) is 28.6 Å². The van der Waals surface area contributed by atoms with Crippen LogP contribution in [0.2, 0.25) is 0 Å². The molecule has 5 rings (SSSR count). The van der Waals surface area contributed by atoms with E-state index < -0.39 is 5.60 Å². The van der Waals surface area contributed by atoms with Crippen molar-refractivity contribution in [2.45, 2.75) is 24.9 Å². The van der Waals surface area contributed by atoms with Crippen LogP contribution in [-0.4, -0.2) is 87.9 Å². The van der Waals surface area contributed by atoms with Gasteiger partial charge in [0.25, 0.3) is 0 Å². The lowest BCUT2D eigenvalue weighted by atomic mass is 9.97. The van der Waals surface area contributed by atoms with Crippen LogP contribution >= 0.6 is 0 Å². The number of fused-ring (bicyclic) bond motifs is 1. The minimum Gasteiger partial charge on any atom is -0.493 e. The molecule has 9 nitrogen and oxygen atoms in total. The number of rotatable bonds is 9. The lowest BCUT2D eigenvalue weighted by Gasteiger charge is -2.37. The van der Waals surface area contributed by atoms with Crippen LogP contribution in [0.4, 0.5) is 0 Å². The molecule has 3 aromatic rings. The van der Waals surface area contributed by atoms with Crippen LogP contribution in [0, 0.1) is 0 Å². The Hall–Kier alpha value is -3.27. The molecule has 2 atom stereocenters. The number of aromatic amines is 1. The van der Waals surface area contributed by atoms with E-state index in [1.54, 1.807) is 19.3 Å². The van der Waals surface area contributed by atoms with Crippen molar-refractivity contribution in [3.05, 3.63) is 54.4 Å². The predicted octanol–water partition coefficient (Wildman–Crippen LogP) is 2.70. The summed E-state index contributed by atoms with van der Waals surface area (Å²) >= 11 is 0. The summed E-state index contributed by atoms with van der Waals surface area (Å²) < 4.78 is 11.9. The number of aromatic nitrogens is 3. The molecule has 35 heavy (non-hydrogen) atoms. The average molecular weight is 478 g/mol. The highest BCUT2D eigenvalue weighted by atomic mass is 16.5. The van der Waals surface area contributed by atoms with E-state index in [2.05, 4.69) is 31.0 Å². The second-order valence-electron chi connectivity index (χ2n) is 9.55. The summed E-state index contributed by atoms with van der Waals surface area (Å²) in [5.41, 5.74) is 1.81. The Morgan fingerprint density at radius 1 is 1.20 bits per heavy atom. The van der Waals surface area contributed by atoms with E-state index in [4.69, 9.17) is 9.47 Å². The highest BCUT2D eigenvalue weighted by Gasteiger charge is 2.28. The van der Waals surface area contributed by atoms with Gasteiger partial charge in [-0.15, -0.1) is 0 Å². The molecule has 2 aromatic heterocycles. The highest BCUT2D eigenvalue weighted by Crippen LogP contribution is 2.39. The van der Waals surface area contributed by atoms with Crippen molar-refractivity contribution in [3.63, 3.8) is 0 Å². The first-order chi connectivity index (χ1) is 17.0. The van der Waals surface area contributed by atoms with Gasteiger partial charge in [0.1, 0.15) is 17.1 Å². The van der Waals surface area contributed by atoms with E-state index in [9.17, 15) is 9.90 Å². The number of β-amino-alcohol motifs (C(OH)–C–C–N with tert-alkyl or cyclic N) is 1. The number of hydrogen-bond donors (Lipinski definition) is 2.